The lowest BCUT2D eigenvalue weighted by atomic mass is 10.0. The fourth-order valence-corrected chi connectivity index (χ4v) is 10.3. The summed E-state index contributed by atoms with van der Waals surface area (Å²) in [5.74, 6) is -0.845. The normalized spacial score (nSPS) is 12.0. The standard InChI is InChI=1S/C67H128O6/c1-4-7-10-13-16-19-22-25-27-29-30-31-32-33-34-35-36-37-38-40-42-45-48-51-54-57-60-66(69)72-63-64(62-71-65(68)59-56-53-50-47-44-41-24-21-18-15-12-9-6-3)73-67(70)61-58-55-52-49-46-43-39-28-26-23-20-17-14-11-8-5-2/h28,39,64H,4-27,29-38,40-63H2,1-3H3/b39-28-. The largest absolute Gasteiger partial charge is 0.462 e. The van der Waals surface area contributed by atoms with Gasteiger partial charge in [0, 0.05) is 19.3 Å². The molecule has 0 aliphatic rings. The van der Waals surface area contributed by atoms with Crippen LogP contribution in [0.3, 0.4) is 0 Å². The number of carbonyl (C=O) groups is 3. The van der Waals surface area contributed by atoms with Crippen LogP contribution in [0.15, 0.2) is 12.2 Å². The summed E-state index contributed by atoms with van der Waals surface area (Å²) in [5.41, 5.74) is 0. The Bertz CT molecular complexity index is 1130. The Morgan fingerprint density at radius 3 is 0.685 bits per heavy atom. The number of hydrogen-bond acceptors (Lipinski definition) is 6. The lowest BCUT2D eigenvalue weighted by Crippen LogP contribution is -2.30. The molecular weight excluding hydrogens is 901 g/mol. The lowest BCUT2D eigenvalue weighted by molar-refractivity contribution is -0.167. The maximum Gasteiger partial charge on any atom is 0.306 e. The van der Waals surface area contributed by atoms with Crippen LogP contribution in [0, 0.1) is 0 Å². The average Bonchev–Trinajstić information content (AvgIpc) is 3.39. The molecule has 0 fully saturated rings. The van der Waals surface area contributed by atoms with E-state index < -0.39 is 6.10 Å². The zero-order valence-electron chi connectivity index (χ0n) is 49.7. The number of carbonyl (C=O) groups excluding carboxylic acids is 3. The Morgan fingerprint density at radius 2 is 0.452 bits per heavy atom. The molecule has 6 heteroatoms. The molecule has 432 valence electrons. The zero-order valence-corrected chi connectivity index (χ0v) is 49.7. The SMILES string of the molecule is CCCCCCCCC/C=C\CCCCCCCC(=O)OC(COC(=O)CCCCCCCCCCCCCCC)COC(=O)CCCCCCCCCCCCCCCCCCCCCCCCCCCC. The first kappa shape index (κ1) is 71.2. The number of unbranched alkanes of at least 4 members (excludes halogenated alkanes) is 49. The Morgan fingerprint density at radius 1 is 0.260 bits per heavy atom. The van der Waals surface area contributed by atoms with E-state index in [0.717, 1.165) is 64.2 Å². The van der Waals surface area contributed by atoms with Crippen molar-refractivity contribution in [3.8, 4) is 0 Å². The van der Waals surface area contributed by atoms with Crippen molar-refractivity contribution in [3.63, 3.8) is 0 Å². The molecule has 73 heavy (non-hydrogen) atoms. The molecule has 0 amide bonds. The molecule has 0 spiro atoms. The van der Waals surface area contributed by atoms with Gasteiger partial charge in [0.05, 0.1) is 0 Å². The summed E-state index contributed by atoms with van der Waals surface area (Å²) in [6, 6.07) is 0. The minimum atomic E-state index is -0.770. The van der Waals surface area contributed by atoms with E-state index in [1.54, 1.807) is 0 Å². The average molecular weight is 1030 g/mol. The van der Waals surface area contributed by atoms with Crippen LogP contribution in [-0.2, 0) is 28.6 Å². The molecule has 0 aliphatic heterocycles. The summed E-state index contributed by atoms with van der Waals surface area (Å²) < 4.78 is 16.9. The monoisotopic (exact) mass is 1030 g/mol. The minimum Gasteiger partial charge on any atom is -0.462 e. The summed E-state index contributed by atoms with van der Waals surface area (Å²) in [7, 11) is 0. The smallest absolute Gasteiger partial charge is 0.306 e. The van der Waals surface area contributed by atoms with Gasteiger partial charge in [-0.1, -0.05) is 328 Å². The Labute approximate surface area is 456 Å². The van der Waals surface area contributed by atoms with Crippen molar-refractivity contribution in [3.05, 3.63) is 12.2 Å². The number of ether oxygens (including phenoxy) is 3. The highest BCUT2D eigenvalue weighted by Crippen LogP contribution is 2.18. The van der Waals surface area contributed by atoms with Crippen molar-refractivity contribution in [1.82, 2.24) is 0 Å². The molecule has 0 aromatic heterocycles. The van der Waals surface area contributed by atoms with E-state index in [2.05, 4.69) is 32.9 Å². The van der Waals surface area contributed by atoms with Crippen LogP contribution in [-0.4, -0.2) is 37.2 Å². The van der Waals surface area contributed by atoms with Gasteiger partial charge in [-0.25, -0.2) is 0 Å². The van der Waals surface area contributed by atoms with Gasteiger partial charge in [0.25, 0.3) is 0 Å². The molecular formula is C67H128O6. The van der Waals surface area contributed by atoms with Gasteiger partial charge in [-0.05, 0) is 44.9 Å². The van der Waals surface area contributed by atoms with Gasteiger partial charge in [0.2, 0.25) is 0 Å². The molecule has 0 heterocycles. The number of hydrogen-bond donors (Lipinski definition) is 0. The van der Waals surface area contributed by atoms with E-state index in [1.807, 2.05) is 0 Å². The van der Waals surface area contributed by atoms with E-state index in [9.17, 15) is 14.4 Å². The third-order valence-electron chi connectivity index (χ3n) is 15.3. The van der Waals surface area contributed by atoms with E-state index >= 15 is 0 Å². The van der Waals surface area contributed by atoms with E-state index in [0.29, 0.717) is 19.3 Å². The fraction of sp³-hybridized carbons (Fsp3) is 0.925. The molecule has 0 aromatic rings. The highest BCUT2D eigenvalue weighted by molar-refractivity contribution is 5.71. The second-order valence-corrected chi connectivity index (χ2v) is 22.7. The van der Waals surface area contributed by atoms with Crippen LogP contribution < -0.4 is 0 Å². The van der Waals surface area contributed by atoms with Crippen molar-refractivity contribution in [2.24, 2.45) is 0 Å². The quantitative estimate of drug-likeness (QED) is 0.0261. The Hall–Kier alpha value is -1.85. The van der Waals surface area contributed by atoms with Crippen molar-refractivity contribution in [2.45, 2.75) is 386 Å². The van der Waals surface area contributed by atoms with Crippen LogP contribution in [0.1, 0.15) is 380 Å². The highest BCUT2D eigenvalue weighted by Gasteiger charge is 2.19. The molecule has 1 unspecified atom stereocenters. The van der Waals surface area contributed by atoms with Crippen LogP contribution in [0.4, 0.5) is 0 Å². The van der Waals surface area contributed by atoms with Gasteiger partial charge < -0.3 is 14.2 Å². The molecule has 0 radical (unpaired) electrons. The molecule has 0 rings (SSSR count). The molecule has 0 saturated carbocycles. The maximum absolute atomic E-state index is 12.9. The first-order valence-corrected chi connectivity index (χ1v) is 33.2. The lowest BCUT2D eigenvalue weighted by Gasteiger charge is -2.18. The first-order valence-electron chi connectivity index (χ1n) is 33.2. The fourth-order valence-electron chi connectivity index (χ4n) is 10.3. The van der Waals surface area contributed by atoms with Gasteiger partial charge in [0.1, 0.15) is 13.2 Å². The van der Waals surface area contributed by atoms with Gasteiger partial charge >= 0.3 is 17.9 Å². The van der Waals surface area contributed by atoms with E-state index in [1.165, 1.54) is 276 Å². The molecule has 1 atom stereocenters. The molecule has 0 aliphatic carbocycles. The van der Waals surface area contributed by atoms with E-state index in [4.69, 9.17) is 14.2 Å². The molecule has 0 bridgehead atoms. The molecule has 0 N–H and O–H groups in total. The van der Waals surface area contributed by atoms with Gasteiger partial charge in [-0.15, -0.1) is 0 Å². The summed E-state index contributed by atoms with van der Waals surface area (Å²) in [4.78, 5) is 38.3. The number of esters is 3. The van der Waals surface area contributed by atoms with Crippen LogP contribution in [0.2, 0.25) is 0 Å². The van der Waals surface area contributed by atoms with Gasteiger partial charge in [0.15, 0.2) is 6.10 Å². The number of allylic oxidation sites excluding steroid dienone is 2. The third kappa shape index (κ3) is 60.9. The van der Waals surface area contributed by atoms with Crippen LogP contribution in [0.25, 0.3) is 0 Å². The highest BCUT2D eigenvalue weighted by atomic mass is 16.6. The van der Waals surface area contributed by atoms with Crippen molar-refractivity contribution < 1.29 is 28.6 Å². The third-order valence-corrected chi connectivity index (χ3v) is 15.3. The summed E-state index contributed by atoms with van der Waals surface area (Å²) in [6.45, 7) is 6.71. The summed E-state index contributed by atoms with van der Waals surface area (Å²) in [5, 5.41) is 0. The second kappa shape index (κ2) is 62.7. The summed E-state index contributed by atoms with van der Waals surface area (Å²) in [6.07, 6.45) is 73.8. The predicted molar refractivity (Wildman–Crippen MR) is 317 cm³/mol. The maximum atomic E-state index is 12.9. The molecule has 6 nitrogen and oxygen atoms in total. The molecule has 0 saturated heterocycles. The van der Waals surface area contributed by atoms with Gasteiger partial charge in [-0.2, -0.15) is 0 Å². The predicted octanol–water partition coefficient (Wildman–Crippen LogP) is 22.4. The van der Waals surface area contributed by atoms with Crippen molar-refractivity contribution in [1.29, 1.82) is 0 Å². The first-order chi connectivity index (χ1) is 36.0. The topological polar surface area (TPSA) is 78.9 Å². The Kier molecular flexibility index (Phi) is 61.1. The van der Waals surface area contributed by atoms with Crippen molar-refractivity contribution in [2.75, 3.05) is 13.2 Å². The van der Waals surface area contributed by atoms with Gasteiger partial charge in [-0.3, -0.25) is 14.4 Å². The minimum absolute atomic E-state index is 0.0669. The molecule has 0 aromatic carbocycles. The summed E-state index contributed by atoms with van der Waals surface area (Å²) >= 11 is 0. The zero-order chi connectivity index (χ0) is 52.9. The second-order valence-electron chi connectivity index (χ2n) is 22.7. The van der Waals surface area contributed by atoms with Crippen molar-refractivity contribution >= 4 is 17.9 Å². The van der Waals surface area contributed by atoms with Crippen LogP contribution in [0.5, 0.6) is 0 Å². The van der Waals surface area contributed by atoms with E-state index in [-0.39, 0.29) is 31.1 Å². The number of rotatable bonds is 62. The Balaban J connectivity index is 4.18. The van der Waals surface area contributed by atoms with Crippen LogP contribution >= 0.6 is 0 Å².